The van der Waals surface area contributed by atoms with Crippen LogP contribution in [0.1, 0.15) is 6.42 Å². The molecule has 0 aromatic rings. The molecule has 0 aromatic heterocycles. The zero-order chi connectivity index (χ0) is 9.45. The van der Waals surface area contributed by atoms with Crippen molar-refractivity contribution in [3.05, 3.63) is 12.7 Å². The average Bonchev–Trinajstić information content (AvgIpc) is 2.04. The predicted octanol–water partition coefficient (Wildman–Crippen LogP) is 2.00. The topological polar surface area (TPSA) is 21.3 Å². The Morgan fingerprint density at radius 3 is 2.67 bits per heavy atom. The number of hydrogen-bond acceptors (Lipinski definition) is 2. The predicted molar refractivity (Wildman–Crippen MR) is 57.0 cm³/mol. The summed E-state index contributed by atoms with van der Waals surface area (Å²) in [5.41, 5.74) is 0. The molecule has 3 heteroatoms. The smallest absolute Gasteiger partial charge is 0.186 e. The Morgan fingerprint density at radius 1 is 1.50 bits per heavy atom. The Morgan fingerprint density at radius 2 is 2.17 bits per heavy atom. The Bertz CT molecular complexity index is 126. The van der Waals surface area contributed by atoms with Crippen molar-refractivity contribution < 1.29 is 4.43 Å². The lowest BCUT2D eigenvalue weighted by atomic mass is 10.4. The van der Waals surface area contributed by atoms with Crippen LogP contribution in [0.4, 0.5) is 0 Å². The van der Waals surface area contributed by atoms with Crippen molar-refractivity contribution in [2.24, 2.45) is 0 Å². The second kappa shape index (κ2) is 6.40. The van der Waals surface area contributed by atoms with E-state index in [1.807, 2.05) is 13.2 Å². The summed E-state index contributed by atoms with van der Waals surface area (Å²) in [4.78, 5) is 0. The molecule has 0 bridgehead atoms. The molecule has 72 valence electrons. The van der Waals surface area contributed by atoms with E-state index in [9.17, 15) is 0 Å². The summed E-state index contributed by atoms with van der Waals surface area (Å²) >= 11 is 0. The van der Waals surface area contributed by atoms with E-state index in [1.165, 1.54) is 12.5 Å². The van der Waals surface area contributed by atoms with Crippen LogP contribution in [-0.4, -0.2) is 28.5 Å². The molecule has 0 radical (unpaired) electrons. The van der Waals surface area contributed by atoms with Gasteiger partial charge in [0.15, 0.2) is 8.32 Å². The van der Waals surface area contributed by atoms with Gasteiger partial charge in [0.1, 0.15) is 0 Å². The molecule has 1 N–H and O–H groups in total. The zero-order valence-electron chi connectivity index (χ0n) is 8.52. The molecule has 0 heterocycles. The highest BCUT2D eigenvalue weighted by molar-refractivity contribution is 6.71. The zero-order valence-corrected chi connectivity index (χ0v) is 9.52. The van der Waals surface area contributed by atoms with E-state index in [-0.39, 0.29) is 0 Å². The first-order valence-corrected chi connectivity index (χ1v) is 7.60. The molecule has 12 heavy (non-hydrogen) atoms. The van der Waals surface area contributed by atoms with Crippen LogP contribution in [0.5, 0.6) is 0 Å². The van der Waals surface area contributed by atoms with Crippen molar-refractivity contribution in [1.82, 2.24) is 5.32 Å². The largest absolute Gasteiger partial charge is 0.420 e. The minimum atomic E-state index is -1.30. The van der Waals surface area contributed by atoms with Gasteiger partial charge in [0, 0.05) is 13.7 Å². The van der Waals surface area contributed by atoms with Gasteiger partial charge in [-0.25, -0.2) is 0 Å². The standard InChI is InChI=1S/C9H21NOSi/c1-5-7-10-8-6-9-12(3,4)11-2/h5,10H,1,6-9H2,2-4H3. The minimum absolute atomic E-state index is 0.912. The van der Waals surface area contributed by atoms with Crippen molar-refractivity contribution in [1.29, 1.82) is 0 Å². The van der Waals surface area contributed by atoms with E-state index in [1.54, 1.807) is 0 Å². The summed E-state index contributed by atoms with van der Waals surface area (Å²) < 4.78 is 5.44. The van der Waals surface area contributed by atoms with E-state index in [2.05, 4.69) is 25.0 Å². The Balaban J connectivity index is 3.24. The Kier molecular flexibility index (Phi) is 6.33. The SMILES string of the molecule is C=CCNCCC[Si](C)(C)OC. The fraction of sp³-hybridized carbons (Fsp3) is 0.778. The third kappa shape index (κ3) is 6.58. The monoisotopic (exact) mass is 187 g/mol. The molecule has 0 aliphatic heterocycles. The maximum atomic E-state index is 5.44. The normalized spacial score (nSPS) is 11.6. The van der Waals surface area contributed by atoms with Gasteiger partial charge in [-0.05, 0) is 32.1 Å². The lowest BCUT2D eigenvalue weighted by Crippen LogP contribution is -2.29. The first kappa shape index (κ1) is 11.9. The molecular weight excluding hydrogens is 166 g/mol. The molecule has 0 unspecified atom stereocenters. The van der Waals surface area contributed by atoms with E-state index >= 15 is 0 Å². The van der Waals surface area contributed by atoms with Gasteiger partial charge in [0.05, 0.1) is 0 Å². The summed E-state index contributed by atoms with van der Waals surface area (Å²) in [7, 11) is 0.520. The van der Waals surface area contributed by atoms with Gasteiger partial charge < -0.3 is 9.74 Å². The molecule has 0 spiro atoms. The molecule has 0 fully saturated rings. The van der Waals surface area contributed by atoms with E-state index in [0.717, 1.165) is 13.1 Å². The molecule has 0 aliphatic rings. The van der Waals surface area contributed by atoms with Crippen molar-refractivity contribution in [2.75, 3.05) is 20.2 Å². The fourth-order valence-corrected chi connectivity index (χ4v) is 2.18. The summed E-state index contributed by atoms with van der Waals surface area (Å²) in [5.74, 6) is 0. The van der Waals surface area contributed by atoms with E-state index in [0.29, 0.717) is 0 Å². The number of rotatable bonds is 7. The van der Waals surface area contributed by atoms with Gasteiger partial charge in [-0.3, -0.25) is 0 Å². The minimum Gasteiger partial charge on any atom is -0.420 e. The van der Waals surface area contributed by atoms with Gasteiger partial charge in [0.2, 0.25) is 0 Å². The van der Waals surface area contributed by atoms with Gasteiger partial charge in [-0.2, -0.15) is 0 Å². The Hall–Kier alpha value is -0.123. The van der Waals surface area contributed by atoms with Crippen molar-refractivity contribution >= 4 is 8.32 Å². The van der Waals surface area contributed by atoms with Crippen LogP contribution in [0.25, 0.3) is 0 Å². The summed E-state index contributed by atoms with van der Waals surface area (Å²) in [6.07, 6.45) is 3.10. The van der Waals surface area contributed by atoms with Crippen LogP contribution >= 0.6 is 0 Å². The maximum Gasteiger partial charge on any atom is 0.186 e. The van der Waals surface area contributed by atoms with E-state index < -0.39 is 8.32 Å². The molecule has 2 nitrogen and oxygen atoms in total. The van der Waals surface area contributed by atoms with Crippen LogP contribution < -0.4 is 5.32 Å². The van der Waals surface area contributed by atoms with Gasteiger partial charge >= 0.3 is 0 Å². The van der Waals surface area contributed by atoms with Crippen molar-refractivity contribution in [2.45, 2.75) is 25.6 Å². The third-order valence-electron chi connectivity index (χ3n) is 1.97. The third-order valence-corrected chi connectivity index (χ3v) is 4.64. The maximum absolute atomic E-state index is 5.44. The summed E-state index contributed by atoms with van der Waals surface area (Å²) in [6.45, 7) is 10.1. The first-order valence-electron chi connectivity index (χ1n) is 4.49. The van der Waals surface area contributed by atoms with Crippen LogP contribution in [0.2, 0.25) is 19.1 Å². The molecule has 0 saturated carbocycles. The average molecular weight is 187 g/mol. The summed E-state index contributed by atoms with van der Waals surface area (Å²) in [5, 5.41) is 3.28. The quantitative estimate of drug-likeness (QED) is 0.374. The Labute approximate surface area is 77.1 Å². The van der Waals surface area contributed by atoms with Gasteiger partial charge in [-0.15, -0.1) is 6.58 Å². The molecule has 0 atom stereocenters. The highest BCUT2D eigenvalue weighted by Gasteiger charge is 2.18. The molecule has 0 amide bonds. The molecule has 0 aliphatic carbocycles. The van der Waals surface area contributed by atoms with E-state index in [4.69, 9.17) is 4.43 Å². The first-order chi connectivity index (χ1) is 5.62. The number of hydrogen-bond donors (Lipinski definition) is 1. The van der Waals surface area contributed by atoms with Crippen LogP contribution in [0.15, 0.2) is 12.7 Å². The highest BCUT2D eigenvalue weighted by atomic mass is 28.4. The fourth-order valence-electron chi connectivity index (χ4n) is 0.945. The molecule has 0 rings (SSSR count). The van der Waals surface area contributed by atoms with Crippen molar-refractivity contribution in [3.63, 3.8) is 0 Å². The van der Waals surface area contributed by atoms with Gasteiger partial charge in [-0.1, -0.05) is 6.08 Å². The second-order valence-electron chi connectivity index (χ2n) is 3.56. The molecule has 0 saturated heterocycles. The second-order valence-corrected chi connectivity index (χ2v) is 7.99. The van der Waals surface area contributed by atoms with Gasteiger partial charge in [0.25, 0.3) is 0 Å². The van der Waals surface area contributed by atoms with Crippen LogP contribution in [0, 0.1) is 0 Å². The van der Waals surface area contributed by atoms with Crippen LogP contribution in [0.3, 0.4) is 0 Å². The van der Waals surface area contributed by atoms with Crippen molar-refractivity contribution in [3.8, 4) is 0 Å². The lowest BCUT2D eigenvalue weighted by Gasteiger charge is -2.19. The molecule has 0 aromatic carbocycles. The highest BCUT2D eigenvalue weighted by Crippen LogP contribution is 2.11. The number of nitrogens with one attached hydrogen (secondary N) is 1. The molecular formula is C9H21NOSi. The summed E-state index contributed by atoms with van der Waals surface area (Å²) in [6, 6.07) is 1.23. The lowest BCUT2D eigenvalue weighted by molar-refractivity contribution is 0.401. The van der Waals surface area contributed by atoms with Crippen LogP contribution in [-0.2, 0) is 4.43 Å².